The number of ether oxygens (including phenoxy) is 1. The number of hydrogen-bond donors (Lipinski definition) is 1. The van der Waals surface area contributed by atoms with Gasteiger partial charge in [-0.25, -0.2) is 8.78 Å². The molecule has 2 saturated heterocycles. The van der Waals surface area contributed by atoms with Crippen molar-refractivity contribution < 1.29 is 18.3 Å². The molecule has 0 radical (unpaired) electrons. The Bertz CT molecular complexity index is 717. The average molecular weight is 409 g/mol. The van der Waals surface area contributed by atoms with Crippen molar-refractivity contribution >= 4 is 11.9 Å². The van der Waals surface area contributed by atoms with E-state index in [1.54, 1.807) is 7.05 Å². The first-order valence-corrected chi connectivity index (χ1v) is 10.0. The number of piperazine rings is 1. The molecule has 0 spiro atoms. The molecule has 2 heterocycles. The number of morpholine rings is 1. The lowest BCUT2D eigenvalue weighted by Gasteiger charge is -2.37. The van der Waals surface area contributed by atoms with Gasteiger partial charge in [0.05, 0.1) is 19.8 Å². The number of carbonyl (C=O) groups excluding carboxylic acids is 1. The molecule has 0 bridgehead atoms. The maximum absolute atomic E-state index is 13.7. The fourth-order valence-electron chi connectivity index (χ4n) is 3.59. The number of nitrogens with zero attached hydrogens (tertiary/aromatic N) is 4. The predicted molar refractivity (Wildman–Crippen MR) is 107 cm³/mol. The Labute approximate surface area is 170 Å². The van der Waals surface area contributed by atoms with E-state index in [-0.39, 0.29) is 5.91 Å². The molecule has 1 amide bonds. The van der Waals surface area contributed by atoms with Crippen LogP contribution in [0.3, 0.4) is 0 Å². The first-order chi connectivity index (χ1) is 14.1. The van der Waals surface area contributed by atoms with E-state index in [9.17, 15) is 13.6 Å². The smallest absolute Gasteiger partial charge is 0.236 e. The SMILES string of the molecule is CN=C(NCCc1ccc(F)cc1F)N1CCN(CC(=O)N2CCOCC2)CC1. The van der Waals surface area contributed by atoms with Gasteiger partial charge in [0, 0.05) is 58.9 Å². The summed E-state index contributed by atoms with van der Waals surface area (Å²) < 4.78 is 32.0. The highest BCUT2D eigenvalue weighted by atomic mass is 19.1. The van der Waals surface area contributed by atoms with Crippen LogP contribution in [0.25, 0.3) is 0 Å². The van der Waals surface area contributed by atoms with Gasteiger partial charge in [0.2, 0.25) is 5.91 Å². The summed E-state index contributed by atoms with van der Waals surface area (Å²) in [6.07, 6.45) is 0.444. The molecule has 2 aliphatic heterocycles. The minimum absolute atomic E-state index is 0.158. The third-order valence-corrected chi connectivity index (χ3v) is 5.30. The van der Waals surface area contributed by atoms with Gasteiger partial charge >= 0.3 is 0 Å². The van der Waals surface area contributed by atoms with Crippen molar-refractivity contribution in [2.24, 2.45) is 4.99 Å². The first-order valence-electron chi connectivity index (χ1n) is 10.0. The van der Waals surface area contributed by atoms with Crippen LogP contribution in [0.15, 0.2) is 23.2 Å². The van der Waals surface area contributed by atoms with Gasteiger partial charge in [0.15, 0.2) is 5.96 Å². The lowest BCUT2D eigenvalue weighted by Crippen LogP contribution is -2.55. The number of carbonyl (C=O) groups is 1. The number of hydrogen-bond acceptors (Lipinski definition) is 4. The van der Waals surface area contributed by atoms with Crippen LogP contribution < -0.4 is 5.32 Å². The summed E-state index contributed by atoms with van der Waals surface area (Å²) in [5.41, 5.74) is 0.473. The monoisotopic (exact) mass is 409 g/mol. The molecule has 0 aliphatic carbocycles. The molecule has 1 N–H and O–H groups in total. The number of aliphatic imine (C=N–C) groups is 1. The lowest BCUT2D eigenvalue weighted by atomic mass is 10.1. The molecule has 1 aromatic rings. The molecule has 2 fully saturated rings. The fraction of sp³-hybridized carbons (Fsp3) is 0.600. The summed E-state index contributed by atoms with van der Waals surface area (Å²) in [6, 6.07) is 3.64. The van der Waals surface area contributed by atoms with Gasteiger partial charge in [-0.05, 0) is 18.1 Å². The topological polar surface area (TPSA) is 60.4 Å². The van der Waals surface area contributed by atoms with E-state index in [1.807, 2.05) is 4.90 Å². The highest BCUT2D eigenvalue weighted by Crippen LogP contribution is 2.10. The summed E-state index contributed by atoms with van der Waals surface area (Å²) in [7, 11) is 1.72. The second-order valence-corrected chi connectivity index (χ2v) is 7.22. The molecule has 0 atom stereocenters. The van der Waals surface area contributed by atoms with Gasteiger partial charge in [0.1, 0.15) is 11.6 Å². The Balaban J connectivity index is 1.40. The summed E-state index contributed by atoms with van der Waals surface area (Å²) in [4.78, 5) is 22.9. The van der Waals surface area contributed by atoms with Crippen molar-refractivity contribution in [3.05, 3.63) is 35.4 Å². The first kappa shape index (κ1) is 21.4. The van der Waals surface area contributed by atoms with Crippen LogP contribution in [0.2, 0.25) is 0 Å². The van der Waals surface area contributed by atoms with Gasteiger partial charge in [-0.2, -0.15) is 0 Å². The number of halogens is 2. The van der Waals surface area contributed by atoms with Crippen LogP contribution >= 0.6 is 0 Å². The van der Waals surface area contributed by atoms with Gasteiger partial charge in [-0.1, -0.05) is 6.07 Å². The standard InChI is InChI=1S/C20H29F2N5O2/c1-23-20(24-5-4-16-2-3-17(21)14-18(16)22)27-8-6-25(7-9-27)15-19(28)26-10-12-29-13-11-26/h2-3,14H,4-13,15H2,1H3,(H,23,24). The Morgan fingerprint density at radius 2 is 1.83 bits per heavy atom. The van der Waals surface area contributed by atoms with Crippen molar-refractivity contribution in [2.75, 3.05) is 72.6 Å². The fourth-order valence-corrected chi connectivity index (χ4v) is 3.59. The maximum Gasteiger partial charge on any atom is 0.236 e. The van der Waals surface area contributed by atoms with Crippen LogP contribution in [0.1, 0.15) is 5.56 Å². The molecule has 2 aliphatic rings. The quantitative estimate of drug-likeness (QED) is 0.569. The van der Waals surface area contributed by atoms with Gasteiger partial charge < -0.3 is 19.9 Å². The number of benzene rings is 1. The highest BCUT2D eigenvalue weighted by Gasteiger charge is 2.24. The Kier molecular flexibility index (Phi) is 7.76. The molecule has 0 saturated carbocycles. The van der Waals surface area contributed by atoms with E-state index in [4.69, 9.17) is 4.74 Å². The Morgan fingerprint density at radius 3 is 2.48 bits per heavy atom. The average Bonchev–Trinajstić information content (AvgIpc) is 2.74. The Morgan fingerprint density at radius 1 is 1.10 bits per heavy atom. The number of guanidine groups is 1. The van der Waals surface area contributed by atoms with Crippen LogP contribution in [-0.4, -0.2) is 99.2 Å². The second-order valence-electron chi connectivity index (χ2n) is 7.22. The number of amides is 1. The molecule has 7 nitrogen and oxygen atoms in total. The lowest BCUT2D eigenvalue weighted by molar-refractivity contribution is -0.136. The normalized spacial score (nSPS) is 18.8. The van der Waals surface area contributed by atoms with E-state index in [0.29, 0.717) is 51.4 Å². The van der Waals surface area contributed by atoms with Gasteiger partial charge in [-0.3, -0.25) is 14.7 Å². The predicted octanol–water partition coefficient (Wildman–Crippen LogP) is 0.559. The summed E-state index contributed by atoms with van der Waals surface area (Å²) in [5.74, 6) is -0.183. The summed E-state index contributed by atoms with van der Waals surface area (Å²) in [5, 5.41) is 3.24. The van der Waals surface area contributed by atoms with Crippen molar-refractivity contribution in [3.8, 4) is 0 Å². The summed E-state index contributed by atoms with van der Waals surface area (Å²) in [6.45, 7) is 6.60. The molecule has 160 valence electrons. The summed E-state index contributed by atoms with van der Waals surface area (Å²) >= 11 is 0. The minimum atomic E-state index is -0.569. The number of rotatable bonds is 5. The molecular weight excluding hydrogens is 380 g/mol. The highest BCUT2D eigenvalue weighted by molar-refractivity contribution is 5.80. The van der Waals surface area contributed by atoms with E-state index in [1.165, 1.54) is 12.1 Å². The van der Waals surface area contributed by atoms with Crippen molar-refractivity contribution in [2.45, 2.75) is 6.42 Å². The van der Waals surface area contributed by atoms with Crippen LogP contribution in [0.5, 0.6) is 0 Å². The van der Waals surface area contributed by atoms with E-state index in [0.717, 1.165) is 38.2 Å². The van der Waals surface area contributed by atoms with E-state index >= 15 is 0 Å². The van der Waals surface area contributed by atoms with E-state index < -0.39 is 11.6 Å². The molecule has 1 aromatic carbocycles. The third kappa shape index (κ3) is 6.11. The van der Waals surface area contributed by atoms with Gasteiger partial charge in [-0.15, -0.1) is 0 Å². The van der Waals surface area contributed by atoms with E-state index in [2.05, 4.69) is 20.1 Å². The van der Waals surface area contributed by atoms with Crippen molar-refractivity contribution in [1.82, 2.24) is 20.0 Å². The largest absolute Gasteiger partial charge is 0.378 e. The zero-order valence-corrected chi connectivity index (χ0v) is 16.9. The van der Waals surface area contributed by atoms with Crippen molar-refractivity contribution in [3.63, 3.8) is 0 Å². The zero-order chi connectivity index (χ0) is 20.6. The molecule has 3 rings (SSSR count). The van der Waals surface area contributed by atoms with Gasteiger partial charge in [0.25, 0.3) is 0 Å². The molecule has 0 aromatic heterocycles. The minimum Gasteiger partial charge on any atom is -0.378 e. The third-order valence-electron chi connectivity index (χ3n) is 5.30. The molecule has 9 heteroatoms. The second kappa shape index (κ2) is 10.5. The maximum atomic E-state index is 13.7. The molecule has 29 heavy (non-hydrogen) atoms. The number of nitrogens with one attached hydrogen (secondary N) is 1. The van der Waals surface area contributed by atoms with Crippen LogP contribution in [0, 0.1) is 11.6 Å². The van der Waals surface area contributed by atoms with Crippen LogP contribution in [-0.2, 0) is 16.0 Å². The Hall–Kier alpha value is -2.26. The zero-order valence-electron chi connectivity index (χ0n) is 16.9. The molecule has 0 unspecified atom stereocenters. The van der Waals surface area contributed by atoms with Crippen LogP contribution in [0.4, 0.5) is 8.78 Å². The van der Waals surface area contributed by atoms with Crippen molar-refractivity contribution in [1.29, 1.82) is 0 Å². The molecular formula is C20H29F2N5O2.